The first kappa shape index (κ1) is 13.5. The average Bonchev–Trinajstić information content (AvgIpc) is 2.90. The van der Waals surface area contributed by atoms with Crippen molar-refractivity contribution in [2.24, 2.45) is 0 Å². The first-order valence-electron chi connectivity index (χ1n) is 6.63. The summed E-state index contributed by atoms with van der Waals surface area (Å²) in [4.78, 5) is 20.7. The van der Waals surface area contributed by atoms with E-state index in [2.05, 4.69) is 20.6 Å². The number of aromatic nitrogens is 2. The standard InChI is InChI=1S/C15H14N4OS/c1-2-16-13-8-7-10(9-17-13)14(20)19-15-18-11-5-3-4-6-12(11)21-15/h3-9H,2H2,1H3,(H,16,17)(H,18,19,20). The normalized spacial score (nSPS) is 10.5. The van der Waals surface area contributed by atoms with Crippen molar-refractivity contribution in [1.29, 1.82) is 0 Å². The summed E-state index contributed by atoms with van der Waals surface area (Å²) in [5, 5.41) is 6.49. The van der Waals surface area contributed by atoms with Crippen LogP contribution in [0.25, 0.3) is 10.2 Å². The van der Waals surface area contributed by atoms with Gasteiger partial charge in [-0.15, -0.1) is 0 Å². The highest BCUT2D eigenvalue weighted by atomic mass is 32.1. The molecular weight excluding hydrogens is 284 g/mol. The third-order valence-corrected chi connectivity index (χ3v) is 3.85. The predicted molar refractivity (Wildman–Crippen MR) is 86.0 cm³/mol. The molecule has 0 unspecified atom stereocenters. The molecule has 0 bridgehead atoms. The number of nitrogens with zero attached hydrogens (tertiary/aromatic N) is 2. The van der Waals surface area contributed by atoms with Gasteiger partial charge in [-0.25, -0.2) is 9.97 Å². The van der Waals surface area contributed by atoms with E-state index in [1.165, 1.54) is 11.3 Å². The van der Waals surface area contributed by atoms with Crippen LogP contribution in [0.4, 0.5) is 10.9 Å². The zero-order valence-corrected chi connectivity index (χ0v) is 12.3. The highest BCUT2D eigenvalue weighted by Crippen LogP contribution is 2.25. The van der Waals surface area contributed by atoms with Crippen LogP contribution in [0.15, 0.2) is 42.6 Å². The van der Waals surface area contributed by atoms with E-state index >= 15 is 0 Å². The second-order valence-electron chi connectivity index (χ2n) is 4.40. The summed E-state index contributed by atoms with van der Waals surface area (Å²) in [6.07, 6.45) is 1.56. The number of hydrogen-bond donors (Lipinski definition) is 2. The van der Waals surface area contributed by atoms with Gasteiger partial charge in [-0.05, 0) is 31.2 Å². The molecule has 0 aliphatic rings. The molecule has 5 nitrogen and oxygen atoms in total. The molecule has 0 spiro atoms. The monoisotopic (exact) mass is 298 g/mol. The Balaban J connectivity index is 1.76. The van der Waals surface area contributed by atoms with Gasteiger partial charge < -0.3 is 5.32 Å². The minimum absolute atomic E-state index is 0.204. The van der Waals surface area contributed by atoms with Crippen molar-refractivity contribution < 1.29 is 4.79 Å². The molecule has 0 aliphatic carbocycles. The third kappa shape index (κ3) is 3.00. The summed E-state index contributed by atoms with van der Waals surface area (Å²) in [5.41, 5.74) is 1.40. The molecule has 0 radical (unpaired) electrons. The Bertz CT molecular complexity index is 734. The molecule has 106 valence electrons. The number of hydrogen-bond acceptors (Lipinski definition) is 5. The highest BCUT2D eigenvalue weighted by Gasteiger charge is 2.10. The number of anilines is 2. The van der Waals surface area contributed by atoms with Crippen molar-refractivity contribution in [2.45, 2.75) is 6.92 Å². The fraction of sp³-hybridized carbons (Fsp3) is 0.133. The fourth-order valence-electron chi connectivity index (χ4n) is 1.91. The van der Waals surface area contributed by atoms with Crippen LogP contribution in [0, 0.1) is 0 Å². The van der Waals surface area contributed by atoms with E-state index in [1.807, 2.05) is 31.2 Å². The molecule has 0 saturated carbocycles. The highest BCUT2D eigenvalue weighted by molar-refractivity contribution is 7.22. The fourth-order valence-corrected chi connectivity index (χ4v) is 2.77. The average molecular weight is 298 g/mol. The van der Waals surface area contributed by atoms with Crippen molar-refractivity contribution in [2.75, 3.05) is 17.2 Å². The molecular formula is C15H14N4OS. The summed E-state index contributed by atoms with van der Waals surface area (Å²) < 4.78 is 1.05. The van der Waals surface area contributed by atoms with Gasteiger partial charge in [0.2, 0.25) is 0 Å². The Labute approximate surface area is 126 Å². The van der Waals surface area contributed by atoms with Crippen molar-refractivity contribution in [3.05, 3.63) is 48.2 Å². The Morgan fingerprint density at radius 3 is 2.81 bits per heavy atom. The zero-order chi connectivity index (χ0) is 14.7. The van der Waals surface area contributed by atoms with Crippen LogP contribution in [0.1, 0.15) is 17.3 Å². The van der Waals surface area contributed by atoms with E-state index in [1.54, 1.807) is 18.3 Å². The van der Waals surface area contributed by atoms with Crippen LogP contribution in [-0.2, 0) is 0 Å². The number of rotatable bonds is 4. The smallest absolute Gasteiger partial charge is 0.259 e. The first-order chi connectivity index (χ1) is 10.3. The first-order valence-corrected chi connectivity index (χ1v) is 7.45. The van der Waals surface area contributed by atoms with Crippen LogP contribution in [0.5, 0.6) is 0 Å². The Morgan fingerprint density at radius 1 is 1.24 bits per heavy atom. The van der Waals surface area contributed by atoms with Crippen molar-refractivity contribution >= 4 is 38.4 Å². The summed E-state index contributed by atoms with van der Waals surface area (Å²) >= 11 is 1.46. The van der Waals surface area contributed by atoms with E-state index < -0.39 is 0 Å². The lowest BCUT2D eigenvalue weighted by Crippen LogP contribution is -2.12. The van der Waals surface area contributed by atoms with E-state index in [9.17, 15) is 4.79 Å². The van der Waals surface area contributed by atoms with Gasteiger partial charge in [-0.1, -0.05) is 23.5 Å². The van der Waals surface area contributed by atoms with Crippen molar-refractivity contribution in [3.8, 4) is 0 Å². The molecule has 3 aromatic rings. The number of carbonyl (C=O) groups excluding carboxylic acids is 1. The van der Waals surface area contributed by atoms with Gasteiger partial charge in [0, 0.05) is 12.7 Å². The molecule has 3 rings (SSSR count). The van der Waals surface area contributed by atoms with Gasteiger partial charge >= 0.3 is 0 Å². The molecule has 0 aliphatic heterocycles. The summed E-state index contributed by atoms with van der Waals surface area (Å²) in [6.45, 7) is 2.79. The van der Waals surface area contributed by atoms with Crippen LogP contribution in [0.2, 0.25) is 0 Å². The summed E-state index contributed by atoms with van der Waals surface area (Å²) in [7, 11) is 0. The topological polar surface area (TPSA) is 66.9 Å². The molecule has 2 heterocycles. The van der Waals surface area contributed by atoms with E-state index in [-0.39, 0.29) is 5.91 Å². The van der Waals surface area contributed by atoms with E-state index in [0.29, 0.717) is 10.7 Å². The number of carbonyl (C=O) groups is 1. The molecule has 0 saturated heterocycles. The Morgan fingerprint density at radius 2 is 2.10 bits per heavy atom. The van der Waals surface area contributed by atoms with Crippen LogP contribution in [-0.4, -0.2) is 22.4 Å². The molecule has 1 aromatic carbocycles. The van der Waals surface area contributed by atoms with Crippen molar-refractivity contribution in [3.63, 3.8) is 0 Å². The van der Waals surface area contributed by atoms with Gasteiger partial charge in [0.05, 0.1) is 15.8 Å². The molecule has 0 fully saturated rings. The van der Waals surface area contributed by atoms with Crippen molar-refractivity contribution in [1.82, 2.24) is 9.97 Å². The molecule has 2 N–H and O–H groups in total. The van der Waals surface area contributed by atoms with Crippen LogP contribution < -0.4 is 10.6 Å². The lowest BCUT2D eigenvalue weighted by atomic mass is 10.2. The molecule has 21 heavy (non-hydrogen) atoms. The lowest BCUT2D eigenvalue weighted by Gasteiger charge is -2.04. The number of fused-ring (bicyclic) bond motifs is 1. The lowest BCUT2D eigenvalue weighted by molar-refractivity contribution is 0.102. The quantitative estimate of drug-likeness (QED) is 0.775. The maximum Gasteiger partial charge on any atom is 0.259 e. The summed E-state index contributed by atoms with van der Waals surface area (Å²) in [6, 6.07) is 11.3. The number of nitrogens with one attached hydrogen (secondary N) is 2. The number of benzene rings is 1. The van der Waals surface area contributed by atoms with E-state index in [0.717, 1.165) is 22.6 Å². The van der Waals surface area contributed by atoms with E-state index in [4.69, 9.17) is 0 Å². The second kappa shape index (κ2) is 5.88. The van der Waals surface area contributed by atoms with Crippen LogP contribution in [0.3, 0.4) is 0 Å². The number of thiazole rings is 1. The van der Waals surface area contributed by atoms with Gasteiger partial charge in [0.15, 0.2) is 5.13 Å². The largest absolute Gasteiger partial charge is 0.370 e. The van der Waals surface area contributed by atoms with Gasteiger partial charge in [0.25, 0.3) is 5.91 Å². The van der Waals surface area contributed by atoms with Gasteiger partial charge in [-0.3, -0.25) is 10.1 Å². The summed E-state index contributed by atoms with van der Waals surface area (Å²) in [5.74, 6) is 0.554. The maximum atomic E-state index is 12.2. The minimum Gasteiger partial charge on any atom is -0.370 e. The molecule has 2 aromatic heterocycles. The zero-order valence-electron chi connectivity index (χ0n) is 11.5. The Kier molecular flexibility index (Phi) is 3.79. The minimum atomic E-state index is -0.204. The number of pyridine rings is 1. The second-order valence-corrected chi connectivity index (χ2v) is 5.43. The Hall–Kier alpha value is -2.47. The predicted octanol–water partition coefficient (Wildman–Crippen LogP) is 3.38. The van der Waals surface area contributed by atoms with Crippen LogP contribution >= 0.6 is 11.3 Å². The van der Waals surface area contributed by atoms with Gasteiger partial charge in [-0.2, -0.15) is 0 Å². The van der Waals surface area contributed by atoms with Gasteiger partial charge in [0.1, 0.15) is 5.82 Å². The third-order valence-electron chi connectivity index (χ3n) is 2.90. The molecule has 1 amide bonds. The maximum absolute atomic E-state index is 12.2. The number of para-hydroxylation sites is 1. The molecule has 0 atom stereocenters. The SMILES string of the molecule is CCNc1ccc(C(=O)Nc2nc3ccccc3s2)cn1. The number of amides is 1. The molecule has 6 heteroatoms.